The SMILES string of the molecule is O=C(OCC(=O)N1CCN(S(=O)(=O)c2ccc(Cl)cc2)CC1)c1ccco1. The lowest BCUT2D eigenvalue weighted by molar-refractivity contribution is -0.135. The van der Waals surface area contributed by atoms with Crippen molar-refractivity contribution < 1.29 is 27.2 Å². The van der Waals surface area contributed by atoms with Gasteiger partial charge in [-0.25, -0.2) is 13.2 Å². The fourth-order valence-electron chi connectivity index (χ4n) is 2.62. The van der Waals surface area contributed by atoms with Gasteiger partial charge >= 0.3 is 5.97 Å². The Balaban J connectivity index is 1.53. The third-order valence-electron chi connectivity index (χ3n) is 4.09. The smallest absolute Gasteiger partial charge is 0.374 e. The molecule has 1 fully saturated rings. The van der Waals surface area contributed by atoms with E-state index in [9.17, 15) is 18.0 Å². The number of sulfonamides is 1. The molecule has 3 rings (SSSR count). The van der Waals surface area contributed by atoms with Gasteiger partial charge in [-0.1, -0.05) is 11.6 Å². The minimum absolute atomic E-state index is 0.0154. The summed E-state index contributed by atoms with van der Waals surface area (Å²) in [5.74, 6) is -1.10. The Morgan fingerprint density at radius 3 is 2.33 bits per heavy atom. The van der Waals surface area contributed by atoms with Crippen molar-refractivity contribution in [2.24, 2.45) is 0 Å². The number of benzene rings is 1. The van der Waals surface area contributed by atoms with E-state index in [0.717, 1.165) is 0 Å². The fraction of sp³-hybridized carbons (Fsp3) is 0.294. The standard InChI is InChI=1S/C17H17ClN2O6S/c18-13-3-5-14(6-4-13)27(23,24)20-9-7-19(8-10-20)16(21)12-26-17(22)15-2-1-11-25-15/h1-6,11H,7-10,12H2. The van der Waals surface area contributed by atoms with Gasteiger partial charge in [-0.15, -0.1) is 0 Å². The van der Waals surface area contributed by atoms with Gasteiger partial charge in [-0.05, 0) is 36.4 Å². The highest BCUT2D eigenvalue weighted by atomic mass is 35.5. The maximum atomic E-state index is 12.6. The molecule has 0 spiro atoms. The molecule has 0 saturated carbocycles. The second-order valence-corrected chi connectivity index (χ2v) is 8.17. The molecular weight excluding hydrogens is 396 g/mol. The fourth-order valence-corrected chi connectivity index (χ4v) is 4.17. The number of carbonyl (C=O) groups excluding carboxylic acids is 2. The van der Waals surface area contributed by atoms with Crippen molar-refractivity contribution in [3.8, 4) is 0 Å². The summed E-state index contributed by atoms with van der Waals surface area (Å²) in [7, 11) is -3.64. The summed E-state index contributed by atoms with van der Waals surface area (Å²) in [6.45, 7) is 0.309. The monoisotopic (exact) mass is 412 g/mol. The molecule has 0 atom stereocenters. The van der Waals surface area contributed by atoms with Crippen LogP contribution in [-0.2, 0) is 19.6 Å². The molecule has 8 nitrogen and oxygen atoms in total. The number of amides is 1. The summed E-state index contributed by atoms with van der Waals surface area (Å²) in [5, 5.41) is 0.452. The van der Waals surface area contributed by atoms with E-state index < -0.39 is 28.5 Å². The first-order valence-electron chi connectivity index (χ1n) is 8.12. The molecule has 1 aromatic carbocycles. The lowest BCUT2D eigenvalue weighted by atomic mass is 10.3. The highest BCUT2D eigenvalue weighted by Crippen LogP contribution is 2.20. The molecule has 0 N–H and O–H groups in total. The van der Waals surface area contributed by atoms with E-state index in [-0.39, 0.29) is 36.8 Å². The zero-order valence-corrected chi connectivity index (χ0v) is 15.8. The molecule has 1 aliphatic rings. The molecule has 2 aromatic rings. The van der Waals surface area contributed by atoms with Gasteiger partial charge in [0.1, 0.15) is 0 Å². The minimum Gasteiger partial charge on any atom is -0.457 e. The summed E-state index contributed by atoms with van der Waals surface area (Å²) in [5.41, 5.74) is 0. The largest absolute Gasteiger partial charge is 0.457 e. The number of carbonyl (C=O) groups is 2. The van der Waals surface area contributed by atoms with Crippen molar-refractivity contribution in [3.63, 3.8) is 0 Å². The van der Waals surface area contributed by atoms with E-state index in [1.54, 1.807) is 6.07 Å². The average molecular weight is 413 g/mol. The molecule has 0 bridgehead atoms. The Labute approximate surface area is 161 Å². The maximum absolute atomic E-state index is 12.6. The van der Waals surface area contributed by atoms with Gasteiger partial charge in [0.25, 0.3) is 5.91 Å². The first-order valence-corrected chi connectivity index (χ1v) is 9.94. The van der Waals surface area contributed by atoms with E-state index in [4.69, 9.17) is 20.8 Å². The third kappa shape index (κ3) is 4.49. The van der Waals surface area contributed by atoms with E-state index in [2.05, 4.69) is 0 Å². The van der Waals surface area contributed by atoms with Crippen LogP contribution >= 0.6 is 11.6 Å². The average Bonchev–Trinajstić information content (AvgIpc) is 3.21. The highest BCUT2D eigenvalue weighted by molar-refractivity contribution is 7.89. The van der Waals surface area contributed by atoms with E-state index in [1.807, 2.05) is 0 Å². The topological polar surface area (TPSA) is 97.1 Å². The summed E-state index contributed by atoms with van der Waals surface area (Å²) in [6.07, 6.45) is 1.33. The number of esters is 1. The molecule has 0 radical (unpaired) electrons. The van der Waals surface area contributed by atoms with Gasteiger partial charge in [-0.2, -0.15) is 4.31 Å². The molecule has 1 saturated heterocycles. The Morgan fingerprint density at radius 1 is 1.07 bits per heavy atom. The van der Waals surface area contributed by atoms with Gasteiger partial charge < -0.3 is 14.1 Å². The van der Waals surface area contributed by atoms with Crippen molar-refractivity contribution in [3.05, 3.63) is 53.4 Å². The second kappa shape index (κ2) is 8.12. The summed E-state index contributed by atoms with van der Waals surface area (Å²) < 4.78 is 36.4. The quantitative estimate of drug-likeness (QED) is 0.692. The van der Waals surface area contributed by atoms with Crippen LogP contribution < -0.4 is 0 Å². The molecule has 1 aliphatic heterocycles. The lowest BCUT2D eigenvalue weighted by Crippen LogP contribution is -2.51. The predicted molar refractivity (Wildman–Crippen MR) is 95.8 cm³/mol. The molecular formula is C17H17ClN2O6S. The van der Waals surface area contributed by atoms with Crippen molar-refractivity contribution in [1.82, 2.24) is 9.21 Å². The van der Waals surface area contributed by atoms with Gasteiger partial charge in [0.05, 0.1) is 11.2 Å². The Bertz CT molecular complexity index is 903. The van der Waals surface area contributed by atoms with Crippen LogP contribution in [0.25, 0.3) is 0 Å². The Hall–Kier alpha value is -2.36. The number of hydrogen-bond donors (Lipinski definition) is 0. The number of halogens is 1. The first-order chi connectivity index (χ1) is 12.9. The van der Waals surface area contributed by atoms with Gasteiger partial charge in [0.2, 0.25) is 15.8 Å². The van der Waals surface area contributed by atoms with E-state index in [0.29, 0.717) is 5.02 Å². The molecule has 2 heterocycles. The van der Waals surface area contributed by atoms with Crippen LogP contribution in [0.2, 0.25) is 5.02 Å². The van der Waals surface area contributed by atoms with Crippen molar-refractivity contribution in [2.45, 2.75) is 4.90 Å². The normalized spacial score (nSPS) is 15.5. The minimum atomic E-state index is -3.64. The molecule has 1 aromatic heterocycles. The van der Waals surface area contributed by atoms with Crippen LogP contribution in [0, 0.1) is 0 Å². The third-order valence-corrected chi connectivity index (χ3v) is 6.26. The predicted octanol–water partition coefficient (Wildman–Crippen LogP) is 1.62. The molecule has 1 amide bonds. The van der Waals surface area contributed by atoms with Crippen LogP contribution in [0.5, 0.6) is 0 Å². The second-order valence-electron chi connectivity index (χ2n) is 5.79. The zero-order valence-electron chi connectivity index (χ0n) is 14.2. The number of piperazine rings is 1. The molecule has 0 aliphatic carbocycles. The van der Waals surface area contributed by atoms with E-state index in [1.165, 1.54) is 45.8 Å². The van der Waals surface area contributed by atoms with Crippen molar-refractivity contribution in [2.75, 3.05) is 32.8 Å². The van der Waals surface area contributed by atoms with Crippen molar-refractivity contribution >= 4 is 33.5 Å². The first kappa shape index (κ1) is 19.4. The van der Waals surface area contributed by atoms with Crippen LogP contribution in [-0.4, -0.2) is 62.3 Å². The van der Waals surface area contributed by atoms with Crippen LogP contribution in [0.15, 0.2) is 52.0 Å². The highest BCUT2D eigenvalue weighted by Gasteiger charge is 2.30. The lowest BCUT2D eigenvalue weighted by Gasteiger charge is -2.33. The molecule has 144 valence electrons. The summed E-state index contributed by atoms with van der Waals surface area (Å²) in [6, 6.07) is 8.90. The van der Waals surface area contributed by atoms with Crippen molar-refractivity contribution in [1.29, 1.82) is 0 Å². The molecule has 0 unspecified atom stereocenters. The molecule has 10 heteroatoms. The number of nitrogens with zero attached hydrogens (tertiary/aromatic N) is 2. The maximum Gasteiger partial charge on any atom is 0.374 e. The summed E-state index contributed by atoms with van der Waals surface area (Å²) >= 11 is 5.79. The Morgan fingerprint density at radius 2 is 1.74 bits per heavy atom. The van der Waals surface area contributed by atoms with Gasteiger partial charge in [0.15, 0.2) is 6.61 Å². The Kier molecular flexibility index (Phi) is 5.83. The van der Waals surface area contributed by atoms with Gasteiger partial charge in [0, 0.05) is 31.2 Å². The van der Waals surface area contributed by atoms with Crippen LogP contribution in [0.1, 0.15) is 10.6 Å². The molecule has 27 heavy (non-hydrogen) atoms. The van der Waals surface area contributed by atoms with Crippen LogP contribution in [0.3, 0.4) is 0 Å². The van der Waals surface area contributed by atoms with Gasteiger partial charge in [-0.3, -0.25) is 4.79 Å². The summed E-state index contributed by atoms with van der Waals surface area (Å²) in [4.78, 5) is 25.5. The van der Waals surface area contributed by atoms with E-state index >= 15 is 0 Å². The number of furan rings is 1. The number of hydrogen-bond acceptors (Lipinski definition) is 6. The zero-order chi connectivity index (χ0) is 19.4. The van der Waals surface area contributed by atoms with Crippen LogP contribution in [0.4, 0.5) is 0 Å². The number of rotatable bonds is 5. The number of ether oxygens (including phenoxy) is 1.